The molecule has 0 saturated heterocycles. The number of hydrogen-bond donors (Lipinski definition) is 1. The maximum Gasteiger partial charge on any atom is 0.127 e. The maximum atomic E-state index is 5.88. The molecule has 2 nitrogen and oxygen atoms in total. The van der Waals surface area contributed by atoms with Crippen LogP contribution < -0.4 is 10.5 Å². The second kappa shape index (κ2) is 6.31. The van der Waals surface area contributed by atoms with Gasteiger partial charge in [-0.3, -0.25) is 0 Å². The van der Waals surface area contributed by atoms with E-state index < -0.39 is 0 Å². The van der Waals surface area contributed by atoms with Crippen molar-refractivity contribution >= 4 is 18.1 Å². The second-order valence-electron chi connectivity index (χ2n) is 4.20. The van der Waals surface area contributed by atoms with Gasteiger partial charge in [0.05, 0.1) is 0 Å². The van der Waals surface area contributed by atoms with Crippen LogP contribution in [-0.4, -0.2) is 0 Å². The number of ether oxygens (including phenoxy) is 1. The molecule has 0 aliphatic heterocycles. The highest BCUT2D eigenvalue weighted by molar-refractivity contribution is 5.85. The van der Waals surface area contributed by atoms with E-state index >= 15 is 0 Å². The van der Waals surface area contributed by atoms with Crippen molar-refractivity contribution in [1.82, 2.24) is 0 Å². The largest absolute Gasteiger partial charge is 0.488 e. The lowest BCUT2D eigenvalue weighted by Gasteiger charge is -2.13. The molecule has 2 aromatic carbocycles. The molecule has 0 fully saturated rings. The van der Waals surface area contributed by atoms with E-state index in [0.29, 0.717) is 6.61 Å². The van der Waals surface area contributed by atoms with E-state index in [2.05, 4.69) is 12.1 Å². The predicted molar refractivity (Wildman–Crippen MR) is 78.4 cm³/mol. The Kier molecular flexibility index (Phi) is 5.05. The standard InChI is InChI=1S/C15H17NO.ClH/c1-11-8-9-14(16)12(2)15(11)17-10-13-6-4-3-5-7-13;/h3-9H,10,16H2,1-2H3;1H. The molecule has 0 radical (unpaired) electrons. The van der Waals surface area contributed by atoms with Crippen molar-refractivity contribution in [1.29, 1.82) is 0 Å². The van der Waals surface area contributed by atoms with E-state index in [9.17, 15) is 0 Å². The predicted octanol–water partition coefficient (Wildman–Crippen LogP) is 3.89. The molecule has 0 heterocycles. The van der Waals surface area contributed by atoms with Gasteiger partial charge in [0.2, 0.25) is 0 Å². The maximum absolute atomic E-state index is 5.88. The third-order valence-electron chi connectivity index (χ3n) is 2.87. The lowest BCUT2D eigenvalue weighted by Crippen LogP contribution is -2.01. The van der Waals surface area contributed by atoms with Crippen LogP contribution in [0.3, 0.4) is 0 Å². The summed E-state index contributed by atoms with van der Waals surface area (Å²) in [5, 5.41) is 0. The number of rotatable bonds is 3. The normalized spacial score (nSPS) is 9.67. The topological polar surface area (TPSA) is 35.2 Å². The SMILES string of the molecule is Cc1ccc(N)c(C)c1OCc1ccccc1.Cl. The lowest BCUT2D eigenvalue weighted by molar-refractivity contribution is 0.302. The molecule has 0 unspecified atom stereocenters. The Morgan fingerprint density at radius 3 is 2.33 bits per heavy atom. The average molecular weight is 264 g/mol. The van der Waals surface area contributed by atoms with Crippen LogP contribution in [0.25, 0.3) is 0 Å². The molecule has 0 aliphatic carbocycles. The molecule has 3 heteroatoms. The van der Waals surface area contributed by atoms with Crippen molar-refractivity contribution in [2.45, 2.75) is 20.5 Å². The Hall–Kier alpha value is -1.67. The van der Waals surface area contributed by atoms with Gasteiger partial charge in [-0.05, 0) is 31.0 Å². The zero-order valence-electron chi connectivity index (χ0n) is 10.6. The van der Waals surface area contributed by atoms with Crippen LogP contribution in [0.1, 0.15) is 16.7 Å². The minimum atomic E-state index is 0. The van der Waals surface area contributed by atoms with E-state index in [4.69, 9.17) is 10.5 Å². The third-order valence-corrected chi connectivity index (χ3v) is 2.87. The number of aryl methyl sites for hydroxylation is 1. The van der Waals surface area contributed by atoms with Gasteiger partial charge in [-0.1, -0.05) is 36.4 Å². The molecule has 2 rings (SSSR count). The van der Waals surface area contributed by atoms with Crippen LogP contribution in [0.2, 0.25) is 0 Å². The van der Waals surface area contributed by atoms with E-state index in [1.165, 1.54) is 0 Å². The minimum absolute atomic E-state index is 0. The Morgan fingerprint density at radius 2 is 1.67 bits per heavy atom. The first kappa shape index (κ1) is 14.4. The van der Waals surface area contributed by atoms with Gasteiger partial charge >= 0.3 is 0 Å². The lowest BCUT2D eigenvalue weighted by atomic mass is 10.1. The molecule has 18 heavy (non-hydrogen) atoms. The van der Waals surface area contributed by atoms with Crippen molar-refractivity contribution < 1.29 is 4.74 Å². The quantitative estimate of drug-likeness (QED) is 0.853. The highest BCUT2D eigenvalue weighted by Crippen LogP contribution is 2.28. The molecule has 0 spiro atoms. The molecular weight excluding hydrogens is 246 g/mol. The van der Waals surface area contributed by atoms with Gasteiger partial charge in [0.1, 0.15) is 12.4 Å². The summed E-state index contributed by atoms with van der Waals surface area (Å²) in [6, 6.07) is 14.0. The van der Waals surface area contributed by atoms with Crippen LogP contribution in [0.4, 0.5) is 5.69 Å². The van der Waals surface area contributed by atoms with Crippen molar-refractivity contribution in [3.63, 3.8) is 0 Å². The number of nitrogen functional groups attached to an aromatic ring is 1. The monoisotopic (exact) mass is 263 g/mol. The number of hydrogen-bond acceptors (Lipinski definition) is 2. The highest BCUT2D eigenvalue weighted by Gasteiger charge is 2.06. The summed E-state index contributed by atoms with van der Waals surface area (Å²) in [4.78, 5) is 0. The van der Waals surface area contributed by atoms with Gasteiger partial charge in [-0.15, -0.1) is 12.4 Å². The first-order chi connectivity index (χ1) is 8.18. The zero-order valence-corrected chi connectivity index (χ0v) is 11.5. The average Bonchev–Trinajstić information content (AvgIpc) is 2.35. The van der Waals surface area contributed by atoms with E-state index in [1.807, 2.05) is 44.2 Å². The van der Waals surface area contributed by atoms with Crippen molar-refractivity contribution in [2.24, 2.45) is 0 Å². The zero-order chi connectivity index (χ0) is 12.3. The molecule has 0 bridgehead atoms. The summed E-state index contributed by atoms with van der Waals surface area (Å²) >= 11 is 0. The molecule has 0 aromatic heterocycles. The highest BCUT2D eigenvalue weighted by atomic mass is 35.5. The van der Waals surface area contributed by atoms with Crippen LogP contribution in [0.15, 0.2) is 42.5 Å². The number of halogens is 1. The van der Waals surface area contributed by atoms with Crippen molar-refractivity contribution in [3.05, 3.63) is 59.2 Å². The minimum Gasteiger partial charge on any atom is -0.488 e. The summed E-state index contributed by atoms with van der Waals surface area (Å²) in [7, 11) is 0. The fourth-order valence-electron chi connectivity index (χ4n) is 1.79. The number of benzene rings is 2. The van der Waals surface area contributed by atoms with E-state index in [-0.39, 0.29) is 12.4 Å². The number of anilines is 1. The summed E-state index contributed by atoms with van der Waals surface area (Å²) in [6.07, 6.45) is 0. The fraction of sp³-hybridized carbons (Fsp3) is 0.200. The van der Waals surface area contributed by atoms with Gasteiger partial charge in [0.25, 0.3) is 0 Å². The van der Waals surface area contributed by atoms with Crippen molar-refractivity contribution in [2.75, 3.05) is 5.73 Å². The molecular formula is C15H18ClNO. The molecule has 0 amide bonds. The summed E-state index contributed by atoms with van der Waals surface area (Å²) in [6.45, 7) is 4.60. The van der Waals surface area contributed by atoms with Crippen LogP contribution in [-0.2, 0) is 6.61 Å². The molecule has 2 aromatic rings. The van der Waals surface area contributed by atoms with Gasteiger partial charge in [0.15, 0.2) is 0 Å². The van der Waals surface area contributed by atoms with E-state index in [0.717, 1.165) is 28.1 Å². The van der Waals surface area contributed by atoms with Crippen LogP contribution in [0.5, 0.6) is 5.75 Å². The first-order valence-electron chi connectivity index (χ1n) is 5.71. The van der Waals surface area contributed by atoms with Gasteiger partial charge in [0, 0.05) is 11.3 Å². The van der Waals surface area contributed by atoms with Crippen LogP contribution in [0, 0.1) is 13.8 Å². The van der Waals surface area contributed by atoms with Gasteiger partial charge in [-0.2, -0.15) is 0 Å². The fourth-order valence-corrected chi connectivity index (χ4v) is 1.79. The van der Waals surface area contributed by atoms with Gasteiger partial charge < -0.3 is 10.5 Å². The Balaban J connectivity index is 0.00000162. The smallest absolute Gasteiger partial charge is 0.127 e. The van der Waals surface area contributed by atoms with Crippen LogP contribution >= 0.6 is 12.4 Å². The second-order valence-corrected chi connectivity index (χ2v) is 4.20. The summed E-state index contributed by atoms with van der Waals surface area (Å²) < 4.78 is 5.85. The first-order valence-corrected chi connectivity index (χ1v) is 5.71. The Bertz CT molecular complexity index is 511. The van der Waals surface area contributed by atoms with E-state index in [1.54, 1.807) is 0 Å². The molecule has 0 atom stereocenters. The number of nitrogens with two attached hydrogens (primary N) is 1. The molecule has 0 aliphatic rings. The van der Waals surface area contributed by atoms with Crippen molar-refractivity contribution in [3.8, 4) is 5.75 Å². The Morgan fingerprint density at radius 1 is 1.00 bits per heavy atom. The molecule has 2 N–H and O–H groups in total. The molecule has 96 valence electrons. The third kappa shape index (κ3) is 3.17. The molecule has 0 saturated carbocycles. The van der Waals surface area contributed by atoms with Gasteiger partial charge in [-0.25, -0.2) is 0 Å². The summed E-state index contributed by atoms with van der Waals surface area (Å²) in [5.74, 6) is 0.897. The summed E-state index contributed by atoms with van der Waals surface area (Å²) in [5.41, 5.74) is 9.95. The Labute approximate surface area is 114 Å².